The molecule has 6 nitrogen and oxygen atoms in total. The molecule has 2 aliphatic rings. The number of hydrogen-bond acceptors (Lipinski definition) is 4. The fourth-order valence-corrected chi connectivity index (χ4v) is 5.13. The second kappa shape index (κ2) is 10.3. The van der Waals surface area contributed by atoms with Gasteiger partial charge in [-0.1, -0.05) is 45.0 Å². The number of aliphatic imine (C=N–C) groups is 2. The zero-order valence-corrected chi connectivity index (χ0v) is 22.0. The van der Waals surface area contributed by atoms with Crippen molar-refractivity contribution in [3.63, 3.8) is 0 Å². The van der Waals surface area contributed by atoms with Crippen molar-refractivity contribution < 1.29 is 14.3 Å². The molecule has 2 aliphatic heterocycles. The molecule has 1 amide bonds. The van der Waals surface area contributed by atoms with Gasteiger partial charge in [0.05, 0.1) is 23.7 Å². The van der Waals surface area contributed by atoms with E-state index in [1.807, 2.05) is 12.1 Å². The van der Waals surface area contributed by atoms with Gasteiger partial charge in [-0.15, -0.1) is 0 Å². The van der Waals surface area contributed by atoms with Gasteiger partial charge in [0, 0.05) is 5.92 Å². The summed E-state index contributed by atoms with van der Waals surface area (Å²) < 4.78 is 11.7. The number of benzene rings is 2. The summed E-state index contributed by atoms with van der Waals surface area (Å²) in [6.07, 6.45) is 5.48. The summed E-state index contributed by atoms with van der Waals surface area (Å²) in [6, 6.07) is 10.3. The number of amides is 1. The van der Waals surface area contributed by atoms with E-state index in [4.69, 9.17) is 19.5 Å². The van der Waals surface area contributed by atoms with Crippen LogP contribution in [0.3, 0.4) is 0 Å². The molecular weight excluding hydrogens is 494 g/mol. The second-order valence-corrected chi connectivity index (χ2v) is 9.99. The third kappa shape index (κ3) is 4.76. The molecule has 2 aromatic carbocycles. The average molecular weight is 526 g/mol. The maximum atomic E-state index is 12.5. The first-order valence-corrected chi connectivity index (χ1v) is 12.7. The van der Waals surface area contributed by atoms with Crippen LogP contribution < -0.4 is 4.74 Å². The lowest BCUT2D eigenvalue weighted by Crippen LogP contribution is -2.41. The van der Waals surface area contributed by atoms with Gasteiger partial charge in [-0.3, -0.25) is 9.89 Å². The number of nitrogens with zero attached hydrogens (tertiary/aromatic N) is 3. The summed E-state index contributed by atoms with van der Waals surface area (Å²) in [4.78, 5) is 24.2. The lowest BCUT2D eigenvalue weighted by Gasteiger charge is -2.24. The summed E-state index contributed by atoms with van der Waals surface area (Å²) in [7, 11) is 1.67. The number of halogens is 1. The molecule has 0 N–H and O–H groups in total. The molecule has 0 bridgehead atoms. The van der Waals surface area contributed by atoms with Crippen LogP contribution in [0.4, 0.5) is 4.79 Å². The zero-order valence-electron chi connectivity index (χ0n) is 20.4. The van der Waals surface area contributed by atoms with E-state index in [-0.39, 0.29) is 30.0 Å². The van der Waals surface area contributed by atoms with Crippen LogP contribution in [0.5, 0.6) is 5.75 Å². The minimum Gasteiger partial charge on any atom is -0.496 e. The largest absolute Gasteiger partial charge is 0.496 e. The van der Waals surface area contributed by atoms with Gasteiger partial charge in [-0.2, -0.15) is 0 Å². The first-order valence-electron chi connectivity index (χ1n) is 11.9. The highest BCUT2D eigenvalue weighted by molar-refractivity contribution is 9.10. The number of ether oxygens (including phenoxy) is 2. The SMILES string of the molecule is CCC1CC=CC(N2C(=O)OCC2C(C)C)=NC1=NC(C)c1ccc2c(Br)c(OC)ccc2c1. The Morgan fingerprint density at radius 1 is 1.26 bits per heavy atom. The van der Waals surface area contributed by atoms with E-state index in [2.05, 4.69) is 74.0 Å². The maximum Gasteiger partial charge on any atom is 0.415 e. The molecule has 0 aliphatic carbocycles. The van der Waals surface area contributed by atoms with E-state index >= 15 is 0 Å². The third-order valence-corrected chi connectivity index (χ3v) is 7.49. The lowest BCUT2D eigenvalue weighted by atomic mass is 10.00. The number of methoxy groups -OCH3 is 1. The summed E-state index contributed by atoms with van der Waals surface area (Å²) >= 11 is 3.65. The first kappa shape index (κ1) is 24.5. The molecule has 4 rings (SSSR count). The van der Waals surface area contributed by atoms with Crippen molar-refractivity contribution in [3.05, 3.63) is 52.5 Å². The molecule has 3 atom stereocenters. The zero-order chi connectivity index (χ0) is 24.4. The molecule has 0 saturated carbocycles. The quantitative estimate of drug-likeness (QED) is 0.424. The van der Waals surface area contributed by atoms with E-state index in [9.17, 15) is 4.79 Å². The van der Waals surface area contributed by atoms with Gasteiger partial charge in [0.2, 0.25) is 0 Å². The fourth-order valence-electron chi connectivity index (χ4n) is 4.48. The smallest absolute Gasteiger partial charge is 0.415 e. The van der Waals surface area contributed by atoms with E-state index in [0.717, 1.165) is 45.2 Å². The van der Waals surface area contributed by atoms with Crippen LogP contribution in [0.25, 0.3) is 10.8 Å². The summed E-state index contributed by atoms with van der Waals surface area (Å²) in [6.45, 7) is 8.83. The first-order chi connectivity index (χ1) is 16.3. The number of fused-ring (bicyclic) bond motifs is 1. The molecule has 0 radical (unpaired) electrons. The van der Waals surface area contributed by atoms with Gasteiger partial charge in [0.25, 0.3) is 0 Å². The number of hydrogen-bond donors (Lipinski definition) is 0. The predicted molar refractivity (Wildman–Crippen MR) is 141 cm³/mol. The normalized spacial score (nSPS) is 22.8. The molecule has 2 aromatic rings. The predicted octanol–water partition coefficient (Wildman–Crippen LogP) is 6.93. The van der Waals surface area contributed by atoms with Crippen LogP contribution in [-0.2, 0) is 4.74 Å². The van der Waals surface area contributed by atoms with E-state index in [1.165, 1.54) is 0 Å². The number of cyclic esters (lactones) is 1. The molecule has 34 heavy (non-hydrogen) atoms. The Kier molecular flexibility index (Phi) is 7.41. The van der Waals surface area contributed by atoms with Crippen LogP contribution >= 0.6 is 15.9 Å². The summed E-state index contributed by atoms with van der Waals surface area (Å²) in [5, 5.41) is 2.22. The van der Waals surface area contributed by atoms with E-state index in [0.29, 0.717) is 12.4 Å². The molecule has 7 heteroatoms. The minimum atomic E-state index is -0.333. The number of carbonyl (C=O) groups is 1. The number of carbonyl (C=O) groups excluding carboxylic acids is 1. The van der Waals surface area contributed by atoms with Gasteiger partial charge in [0.1, 0.15) is 24.0 Å². The van der Waals surface area contributed by atoms with Crippen LogP contribution in [0.2, 0.25) is 0 Å². The van der Waals surface area contributed by atoms with Crippen molar-refractivity contribution in [2.24, 2.45) is 21.8 Å². The third-order valence-electron chi connectivity index (χ3n) is 6.67. The van der Waals surface area contributed by atoms with Gasteiger partial charge < -0.3 is 9.47 Å². The molecule has 0 aromatic heterocycles. The highest BCUT2D eigenvalue weighted by atomic mass is 79.9. The highest BCUT2D eigenvalue weighted by Crippen LogP contribution is 2.35. The number of rotatable bonds is 5. The van der Waals surface area contributed by atoms with Gasteiger partial charge in [-0.05, 0) is 76.2 Å². The van der Waals surface area contributed by atoms with Crippen LogP contribution in [0.15, 0.2) is 56.9 Å². The maximum absolute atomic E-state index is 12.5. The molecule has 180 valence electrons. The molecular formula is C27H32BrN3O3. The minimum absolute atomic E-state index is 0.0244. The Morgan fingerprint density at radius 3 is 2.76 bits per heavy atom. The Hall–Kier alpha value is -2.67. The van der Waals surface area contributed by atoms with Gasteiger partial charge in [-0.25, -0.2) is 9.79 Å². The average Bonchev–Trinajstić information content (AvgIpc) is 3.10. The fraction of sp³-hybridized carbons (Fsp3) is 0.444. The van der Waals surface area contributed by atoms with Crippen molar-refractivity contribution in [1.82, 2.24) is 4.90 Å². The Labute approximate surface area is 209 Å². The van der Waals surface area contributed by atoms with Crippen molar-refractivity contribution in [1.29, 1.82) is 0 Å². The van der Waals surface area contributed by atoms with Gasteiger partial charge >= 0.3 is 6.09 Å². The second-order valence-electron chi connectivity index (χ2n) is 9.20. The van der Waals surface area contributed by atoms with Crippen LogP contribution in [0.1, 0.15) is 52.1 Å². The van der Waals surface area contributed by atoms with Crippen molar-refractivity contribution in [3.8, 4) is 5.75 Å². The standard InChI is InChI=1S/C27H32BrN3O3/c1-6-18-8-7-9-24(31-22(16(2)3)15-34-27(31)32)30-26(18)29-17(4)19-10-12-21-20(14-19)11-13-23(33-5)25(21)28/h7,9-14,16-18,22H,6,8,15H2,1-5H3. The molecule has 0 spiro atoms. The highest BCUT2D eigenvalue weighted by Gasteiger charge is 2.38. The van der Waals surface area contributed by atoms with Crippen molar-refractivity contribution in [2.75, 3.05) is 13.7 Å². The van der Waals surface area contributed by atoms with Crippen LogP contribution in [0, 0.1) is 11.8 Å². The van der Waals surface area contributed by atoms with Gasteiger partial charge in [0.15, 0.2) is 0 Å². The topological polar surface area (TPSA) is 63.5 Å². The van der Waals surface area contributed by atoms with Crippen molar-refractivity contribution >= 4 is 44.5 Å². The molecule has 1 fully saturated rings. The molecule has 3 unspecified atom stereocenters. The Balaban J connectivity index is 1.70. The van der Waals surface area contributed by atoms with Crippen LogP contribution in [-0.4, -0.2) is 42.4 Å². The van der Waals surface area contributed by atoms with E-state index in [1.54, 1.807) is 12.0 Å². The Morgan fingerprint density at radius 2 is 2.06 bits per heavy atom. The lowest BCUT2D eigenvalue weighted by molar-refractivity contribution is 0.168. The summed E-state index contributed by atoms with van der Waals surface area (Å²) in [5.74, 6) is 2.69. The van der Waals surface area contributed by atoms with E-state index < -0.39 is 0 Å². The Bertz CT molecular complexity index is 1170. The molecule has 1 saturated heterocycles. The number of allylic oxidation sites excluding steroid dienone is 1. The summed E-state index contributed by atoms with van der Waals surface area (Å²) in [5.41, 5.74) is 1.11. The van der Waals surface area contributed by atoms with Crippen molar-refractivity contribution in [2.45, 2.75) is 52.6 Å². The number of amidine groups is 2. The molecule has 2 heterocycles. The monoisotopic (exact) mass is 525 g/mol.